The molecule has 0 aliphatic heterocycles. The smallest absolute Gasteiger partial charge is 0.296 e. The molecule has 19 heavy (non-hydrogen) atoms. The van der Waals surface area contributed by atoms with Crippen LogP contribution in [0.2, 0.25) is 5.02 Å². The molecule has 0 amide bonds. The number of hydrogen-bond donors (Lipinski definition) is 1. The topological polar surface area (TPSA) is 54.9 Å². The van der Waals surface area contributed by atoms with Gasteiger partial charge in [-0.1, -0.05) is 24.6 Å². The van der Waals surface area contributed by atoms with E-state index in [1.54, 1.807) is 6.07 Å². The summed E-state index contributed by atoms with van der Waals surface area (Å²) in [5.41, 5.74) is 0.204. The van der Waals surface area contributed by atoms with Crippen molar-refractivity contribution in [2.24, 2.45) is 0 Å². The highest BCUT2D eigenvalue weighted by Crippen LogP contribution is 2.15. The van der Waals surface area contributed by atoms with Crippen LogP contribution in [0.25, 0.3) is 0 Å². The number of H-pyrrole nitrogens is 1. The third kappa shape index (κ3) is 2.93. The quantitative estimate of drug-likeness (QED) is 0.935. The van der Waals surface area contributed by atoms with Crippen molar-refractivity contribution >= 4 is 11.6 Å². The van der Waals surface area contributed by atoms with Crippen LogP contribution in [0.1, 0.15) is 18.1 Å². The number of rotatable bonds is 3. The van der Waals surface area contributed by atoms with Gasteiger partial charge in [0.25, 0.3) is 5.56 Å². The van der Waals surface area contributed by atoms with E-state index in [1.807, 2.05) is 6.92 Å². The first kappa shape index (κ1) is 13.5. The van der Waals surface area contributed by atoms with Gasteiger partial charge in [-0.05, 0) is 24.1 Å². The van der Waals surface area contributed by atoms with Crippen LogP contribution in [0.15, 0.2) is 34.0 Å². The molecule has 2 rings (SSSR count). The molecule has 1 aromatic heterocycles. The maximum absolute atomic E-state index is 13.3. The Labute approximate surface area is 113 Å². The number of halogens is 2. The first-order valence-corrected chi connectivity index (χ1v) is 6.15. The number of nitrogens with zero attached hydrogens (tertiary/aromatic N) is 1. The molecule has 1 heterocycles. The van der Waals surface area contributed by atoms with Crippen LogP contribution < -0.4 is 11.2 Å². The Morgan fingerprint density at radius 3 is 2.74 bits per heavy atom. The summed E-state index contributed by atoms with van der Waals surface area (Å²) in [7, 11) is 0. The molecule has 0 radical (unpaired) electrons. The number of hydrogen-bond acceptors (Lipinski definition) is 2. The summed E-state index contributed by atoms with van der Waals surface area (Å²) in [5, 5.41) is 0.0341. The Hall–Kier alpha value is -1.88. The predicted octanol–water partition coefficient (Wildman–Crippen LogP) is 1.94. The highest BCUT2D eigenvalue weighted by atomic mass is 35.5. The van der Waals surface area contributed by atoms with E-state index in [9.17, 15) is 14.0 Å². The number of nitrogens with one attached hydrogen (secondary N) is 1. The van der Waals surface area contributed by atoms with Gasteiger partial charge in [0, 0.05) is 11.8 Å². The SMILES string of the molecule is CCc1cn(Cc2ccc(Cl)c(F)c2)c(=O)[nH]c1=O. The minimum Gasteiger partial charge on any atom is -0.296 e. The second kappa shape index (κ2) is 5.40. The standard InChI is InChI=1S/C13H12ClFN2O2/c1-2-9-7-17(13(19)16-12(9)18)6-8-3-4-10(14)11(15)5-8/h3-5,7H,2,6H2,1H3,(H,16,18,19). The molecule has 0 saturated heterocycles. The summed E-state index contributed by atoms with van der Waals surface area (Å²) in [6.45, 7) is 2.00. The van der Waals surface area contributed by atoms with Gasteiger partial charge < -0.3 is 0 Å². The van der Waals surface area contributed by atoms with E-state index in [0.29, 0.717) is 17.5 Å². The lowest BCUT2D eigenvalue weighted by atomic mass is 10.2. The monoisotopic (exact) mass is 282 g/mol. The fourth-order valence-electron chi connectivity index (χ4n) is 1.76. The van der Waals surface area contributed by atoms with E-state index in [2.05, 4.69) is 4.98 Å². The van der Waals surface area contributed by atoms with E-state index in [-0.39, 0.29) is 17.1 Å². The lowest BCUT2D eigenvalue weighted by Crippen LogP contribution is -2.31. The van der Waals surface area contributed by atoms with Crippen molar-refractivity contribution in [3.8, 4) is 0 Å². The molecule has 2 aromatic rings. The average molecular weight is 283 g/mol. The van der Waals surface area contributed by atoms with Gasteiger partial charge in [0.15, 0.2) is 0 Å². The van der Waals surface area contributed by atoms with E-state index in [1.165, 1.54) is 22.9 Å². The summed E-state index contributed by atoms with van der Waals surface area (Å²) >= 11 is 5.59. The van der Waals surface area contributed by atoms with Crippen LogP contribution in [0.4, 0.5) is 4.39 Å². The molecular formula is C13H12ClFN2O2. The molecule has 0 unspecified atom stereocenters. The molecule has 6 heteroatoms. The minimum absolute atomic E-state index is 0.0341. The van der Waals surface area contributed by atoms with Crippen molar-refractivity contribution < 1.29 is 4.39 Å². The van der Waals surface area contributed by atoms with Gasteiger partial charge in [-0.25, -0.2) is 9.18 Å². The zero-order valence-electron chi connectivity index (χ0n) is 10.2. The average Bonchev–Trinajstić information content (AvgIpc) is 2.37. The van der Waals surface area contributed by atoms with Gasteiger partial charge in [-0.15, -0.1) is 0 Å². The Morgan fingerprint density at radius 2 is 2.11 bits per heavy atom. The zero-order chi connectivity index (χ0) is 14.0. The van der Waals surface area contributed by atoms with Crippen molar-refractivity contribution in [2.45, 2.75) is 19.9 Å². The largest absolute Gasteiger partial charge is 0.328 e. The Kier molecular flexibility index (Phi) is 3.85. The van der Waals surface area contributed by atoms with Crippen LogP contribution in [-0.2, 0) is 13.0 Å². The van der Waals surface area contributed by atoms with Gasteiger partial charge in [0.1, 0.15) is 5.82 Å². The molecule has 100 valence electrons. The van der Waals surface area contributed by atoms with Crippen LogP contribution in [0, 0.1) is 5.82 Å². The molecule has 0 bridgehead atoms. The zero-order valence-corrected chi connectivity index (χ0v) is 11.0. The summed E-state index contributed by atoms with van der Waals surface area (Å²) in [6, 6.07) is 4.34. The maximum Gasteiger partial charge on any atom is 0.328 e. The van der Waals surface area contributed by atoms with Crippen LogP contribution >= 0.6 is 11.6 Å². The van der Waals surface area contributed by atoms with Crippen molar-refractivity contribution in [2.75, 3.05) is 0 Å². The Morgan fingerprint density at radius 1 is 1.37 bits per heavy atom. The van der Waals surface area contributed by atoms with E-state index < -0.39 is 11.5 Å². The molecule has 4 nitrogen and oxygen atoms in total. The Balaban J connectivity index is 2.40. The molecule has 1 N–H and O–H groups in total. The predicted molar refractivity (Wildman–Crippen MR) is 71.2 cm³/mol. The molecule has 0 atom stereocenters. The van der Waals surface area contributed by atoms with E-state index >= 15 is 0 Å². The molecule has 0 aliphatic rings. The maximum atomic E-state index is 13.3. The molecule has 0 saturated carbocycles. The summed E-state index contributed by atoms with van der Waals surface area (Å²) in [6.07, 6.45) is 2.01. The minimum atomic E-state index is -0.535. The highest BCUT2D eigenvalue weighted by Gasteiger charge is 2.06. The van der Waals surface area contributed by atoms with Crippen molar-refractivity contribution in [3.63, 3.8) is 0 Å². The van der Waals surface area contributed by atoms with Crippen LogP contribution in [0.3, 0.4) is 0 Å². The van der Waals surface area contributed by atoms with Crippen LogP contribution in [-0.4, -0.2) is 9.55 Å². The number of aromatic nitrogens is 2. The molecule has 0 aliphatic carbocycles. The van der Waals surface area contributed by atoms with E-state index in [4.69, 9.17) is 11.6 Å². The van der Waals surface area contributed by atoms with Gasteiger partial charge in [-0.3, -0.25) is 14.3 Å². The molecule has 1 aromatic carbocycles. The fraction of sp³-hybridized carbons (Fsp3) is 0.231. The molecule has 0 fully saturated rings. The number of aryl methyl sites for hydroxylation is 1. The first-order valence-electron chi connectivity index (χ1n) is 5.78. The molecule has 0 spiro atoms. The summed E-state index contributed by atoms with van der Waals surface area (Å²) < 4.78 is 14.7. The third-order valence-corrected chi connectivity index (χ3v) is 3.11. The van der Waals surface area contributed by atoms with Gasteiger partial charge in [0.2, 0.25) is 0 Å². The van der Waals surface area contributed by atoms with Gasteiger partial charge in [-0.2, -0.15) is 0 Å². The van der Waals surface area contributed by atoms with Gasteiger partial charge >= 0.3 is 5.69 Å². The fourth-order valence-corrected chi connectivity index (χ4v) is 1.88. The lowest BCUT2D eigenvalue weighted by Gasteiger charge is -2.07. The summed E-state index contributed by atoms with van der Waals surface area (Å²) in [4.78, 5) is 25.3. The Bertz CT molecular complexity index is 721. The van der Waals surface area contributed by atoms with Gasteiger partial charge in [0.05, 0.1) is 11.6 Å². The lowest BCUT2D eigenvalue weighted by molar-refractivity contribution is 0.621. The van der Waals surface area contributed by atoms with Crippen molar-refractivity contribution in [3.05, 3.63) is 67.2 Å². The van der Waals surface area contributed by atoms with Crippen molar-refractivity contribution in [1.29, 1.82) is 0 Å². The number of aromatic amines is 1. The van der Waals surface area contributed by atoms with Crippen molar-refractivity contribution in [1.82, 2.24) is 9.55 Å². The number of benzene rings is 1. The third-order valence-electron chi connectivity index (χ3n) is 2.80. The highest BCUT2D eigenvalue weighted by molar-refractivity contribution is 6.30. The normalized spacial score (nSPS) is 10.7. The van der Waals surface area contributed by atoms with Crippen LogP contribution in [0.5, 0.6) is 0 Å². The second-order valence-corrected chi connectivity index (χ2v) is 4.55. The van der Waals surface area contributed by atoms with E-state index in [0.717, 1.165) is 0 Å². The molecular weight excluding hydrogens is 271 g/mol. The summed E-state index contributed by atoms with van der Waals surface area (Å²) in [5.74, 6) is -0.535. The first-order chi connectivity index (χ1) is 9.01. The second-order valence-electron chi connectivity index (χ2n) is 4.14.